The van der Waals surface area contributed by atoms with E-state index in [1.165, 1.54) is 24.5 Å². The maximum absolute atomic E-state index is 12.2. The van der Waals surface area contributed by atoms with Crippen LogP contribution in [0.25, 0.3) is 0 Å². The van der Waals surface area contributed by atoms with Crippen molar-refractivity contribution in [3.8, 4) is 0 Å². The number of carboxylic acids is 1. The van der Waals surface area contributed by atoms with Gasteiger partial charge in [-0.3, -0.25) is 9.71 Å². The Kier molecular flexibility index (Phi) is 3.71. The van der Waals surface area contributed by atoms with E-state index >= 15 is 0 Å². The number of anilines is 1. The summed E-state index contributed by atoms with van der Waals surface area (Å²) < 4.78 is 26.6. The van der Waals surface area contributed by atoms with Gasteiger partial charge >= 0.3 is 5.97 Å². The number of pyridine rings is 1. The Balaban J connectivity index is 2.40. The quantitative estimate of drug-likeness (QED) is 0.897. The summed E-state index contributed by atoms with van der Waals surface area (Å²) in [6, 6.07) is 7.10. The molecular weight excluding hydrogens is 280 g/mol. The number of carbonyl (C=O) groups is 1. The molecule has 0 aliphatic rings. The highest BCUT2D eigenvalue weighted by molar-refractivity contribution is 7.92. The summed E-state index contributed by atoms with van der Waals surface area (Å²) in [6.45, 7) is 1.61. The molecule has 0 saturated carbocycles. The second kappa shape index (κ2) is 5.30. The molecule has 0 spiro atoms. The SMILES string of the molecule is Cc1ccc(S(=O)(=O)Nc2cccnc2)cc1C(=O)O. The molecule has 0 unspecified atom stereocenters. The van der Waals surface area contributed by atoms with Crippen molar-refractivity contribution in [3.05, 3.63) is 53.9 Å². The third kappa shape index (κ3) is 2.94. The van der Waals surface area contributed by atoms with Crippen molar-refractivity contribution in [1.29, 1.82) is 0 Å². The highest BCUT2D eigenvalue weighted by Gasteiger charge is 2.17. The number of rotatable bonds is 4. The second-order valence-electron chi connectivity index (χ2n) is 4.13. The van der Waals surface area contributed by atoms with Gasteiger partial charge in [0.1, 0.15) is 0 Å². The zero-order chi connectivity index (χ0) is 14.8. The average molecular weight is 292 g/mol. The van der Waals surface area contributed by atoms with Gasteiger partial charge in [-0.25, -0.2) is 13.2 Å². The predicted molar refractivity (Wildman–Crippen MR) is 73.2 cm³/mol. The molecule has 2 N–H and O–H groups in total. The largest absolute Gasteiger partial charge is 0.478 e. The molecule has 1 aromatic carbocycles. The fraction of sp³-hybridized carbons (Fsp3) is 0.0769. The molecule has 0 aliphatic heterocycles. The Morgan fingerprint density at radius 1 is 1.30 bits per heavy atom. The van der Waals surface area contributed by atoms with E-state index in [1.54, 1.807) is 19.1 Å². The highest BCUT2D eigenvalue weighted by Crippen LogP contribution is 2.18. The number of benzene rings is 1. The van der Waals surface area contributed by atoms with E-state index in [0.717, 1.165) is 6.07 Å². The first-order valence-corrected chi connectivity index (χ1v) is 7.15. The number of sulfonamides is 1. The van der Waals surface area contributed by atoms with Crippen molar-refractivity contribution in [2.75, 3.05) is 4.72 Å². The summed E-state index contributed by atoms with van der Waals surface area (Å²) in [4.78, 5) is 14.7. The molecule has 2 aromatic rings. The maximum Gasteiger partial charge on any atom is 0.335 e. The number of aromatic nitrogens is 1. The van der Waals surface area contributed by atoms with Crippen LogP contribution >= 0.6 is 0 Å². The van der Waals surface area contributed by atoms with Crippen LogP contribution in [0.4, 0.5) is 5.69 Å². The topological polar surface area (TPSA) is 96.4 Å². The molecule has 0 amide bonds. The van der Waals surface area contributed by atoms with Gasteiger partial charge in [-0.1, -0.05) is 6.07 Å². The van der Waals surface area contributed by atoms with Gasteiger partial charge in [0.2, 0.25) is 0 Å². The van der Waals surface area contributed by atoms with Crippen molar-refractivity contribution in [2.24, 2.45) is 0 Å². The first-order chi connectivity index (χ1) is 9.40. The molecule has 0 aliphatic carbocycles. The normalized spacial score (nSPS) is 11.1. The third-order valence-corrected chi connectivity index (χ3v) is 4.04. The molecular formula is C13H12N2O4S. The number of nitrogens with one attached hydrogen (secondary N) is 1. The van der Waals surface area contributed by atoms with Gasteiger partial charge in [0.05, 0.1) is 22.3 Å². The fourth-order valence-electron chi connectivity index (χ4n) is 1.64. The molecule has 6 nitrogen and oxygen atoms in total. The second-order valence-corrected chi connectivity index (χ2v) is 5.81. The van der Waals surface area contributed by atoms with Crippen molar-refractivity contribution < 1.29 is 18.3 Å². The van der Waals surface area contributed by atoms with Gasteiger partial charge in [0, 0.05) is 6.20 Å². The summed E-state index contributed by atoms with van der Waals surface area (Å²) in [7, 11) is -3.84. The molecule has 7 heteroatoms. The molecule has 20 heavy (non-hydrogen) atoms. The van der Waals surface area contributed by atoms with Crippen molar-refractivity contribution >= 4 is 21.7 Å². The zero-order valence-electron chi connectivity index (χ0n) is 10.6. The number of carboxylic acid groups (broad SMARTS) is 1. The fourth-order valence-corrected chi connectivity index (χ4v) is 2.70. The van der Waals surface area contributed by atoms with Crippen LogP contribution in [-0.4, -0.2) is 24.5 Å². The number of nitrogens with zero attached hydrogens (tertiary/aromatic N) is 1. The lowest BCUT2D eigenvalue weighted by Gasteiger charge is -2.09. The van der Waals surface area contributed by atoms with Crippen LogP contribution in [0, 0.1) is 6.92 Å². The third-order valence-electron chi connectivity index (χ3n) is 2.66. The molecule has 0 fully saturated rings. The van der Waals surface area contributed by atoms with E-state index in [9.17, 15) is 13.2 Å². The van der Waals surface area contributed by atoms with Crippen LogP contribution in [0.1, 0.15) is 15.9 Å². The van der Waals surface area contributed by atoms with Crippen LogP contribution in [0.2, 0.25) is 0 Å². The van der Waals surface area contributed by atoms with Crippen LogP contribution in [0.15, 0.2) is 47.6 Å². The average Bonchev–Trinajstić information content (AvgIpc) is 2.39. The Morgan fingerprint density at radius 3 is 2.65 bits per heavy atom. The lowest BCUT2D eigenvalue weighted by atomic mass is 10.1. The lowest BCUT2D eigenvalue weighted by molar-refractivity contribution is 0.0696. The van der Waals surface area contributed by atoms with E-state index in [4.69, 9.17) is 5.11 Å². The number of hydrogen-bond donors (Lipinski definition) is 2. The van der Waals surface area contributed by atoms with E-state index < -0.39 is 16.0 Å². The highest BCUT2D eigenvalue weighted by atomic mass is 32.2. The Morgan fingerprint density at radius 2 is 2.05 bits per heavy atom. The van der Waals surface area contributed by atoms with E-state index in [2.05, 4.69) is 9.71 Å². The molecule has 1 aromatic heterocycles. The van der Waals surface area contributed by atoms with E-state index in [-0.39, 0.29) is 10.5 Å². The summed E-state index contributed by atoms with van der Waals surface area (Å²) in [5.41, 5.74) is 0.766. The summed E-state index contributed by atoms with van der Waals surface area (Å²) >= 11 is 0. The van der Waals surface area contributed by atoms with Gasteiger partial charge in [-0.05, 0) is 36.8 Å². The smallest absolute Gasteiger partial charge is 0.335 e. The molecule has 0 radical (unpaired) electrons. The van der Waals surface area contributed by atoms with Gasteiger partial charge in [0.15, 0.2) is 0 Å². The molecule has 104 valence electrons. The van der Waals surface area contributed by atoms with Crippen molar-refractivity contribution in [3.63, 3.8) is 0 Å². The van der Waals surface area contributed by atoms with E-state index in [0.29, 0.717) is 11.3 Å². The van der Waals surface area contributed by atoms with Crippen LogP contribution in [0.5, 0.6) is 0 Å². The molecule has 0 bridgehead atoms. The molecule has 1 heterocycles. The van der Waals surface area contributed by atoms with Gasteiger partial charge < -0.3 is 5.11 Å². The Bertz CT molecular complexity index is 742. The number of aromatic carboxylic acids is 1. The molecule has 2 rings (SSSR count). The Hall–Kier alpha value is -2.41. The molecule has 0 saturated heterocycles. The van der Waals surface area contributed by atoms with Crippen LogP contribution in [-0.2, 0) is 10.0 Å². The minimum atomic E-state index is -3.84. The van der Waals surface area contributed by atoms with Gasteiger partial charge in [-0.2, -0.15) is 0 Å². The van der Waals surface area contributed by atoms with Crippen molar-refractivity contribution in [2.45, 2.75) is 11.8 Å². The van der Waals surface area contributed by atoms with Crippen molar-refractivity contribution in [1.82, 2.24) is 4.98 Å². The first kappa shape index (κ1) is 14.0. The number of hydrogen-bond acceptors (Lipinski definition) is 4. The standard InChI is InChI=1S/C13H12N2O4S/c1-9-4-5-11(7-12(9)13(16)17)20(18,19)15-10-3-2-6-14-8-10/h2-8,15H,1H3,(H,16,17). The predicted octanol–water partition coefficient (Wildman–Crippen LogP) is 1.89. The first-order valence-electron chi connectivity index (χ1n) is 5.67. The molecule has 0 atom stereocenters. The minimum absolute atomic E-state index is 0.0425. The Labute approximate surface area is 116 Å². The van der Waals surface area contributed by atoms with E-state index in [1.807, 2.05) is 0 Å². The lowest BCUT2D eigenvalue weighted by Crippen LogP contribution is -2.14. The van der Waals surface area contributed by atoms with Gasteiger partial charge in [-0.15, -0.1) is 0 Å². The number of aryl methyl sites for hydroxylation is 1. The maximum atomic E-state index is 12.2. The summed E-state index contributed by atoms with van der Waals surface area (Å²) in [5, 5.41) is 9.02. The monoisotopic (exact) mass is 292 g/mol. The minimum Gasteiger partial charge on any atom is -0.478 e. The van der Waals surface area contributed by atoms with Crippen LogP contribution in [0.3, 0.4) is 0 Å². The van der Waals surface area contributed by atoms with Gasteiger partial charge in [0.25, 0.3) is 10.0 Å². The zero-order valence-corrected chi connectivity index (χ0v) is 11.4. The summed E-state index contributed by atoms with van der Waals surface area (Å²) in [5.74, 6) is -1.17. The summed E-state index contributed by atoms with van der Waals surface area (Å²) in [6.07, 6.45) is 2.88. The van der Waals surface area contributed by atoms with Crippen LogP contribution < -0.4 is 4.72 Å².